The number of fused-ring (bicyclic) bond motifs is 5. The summed E-state index contributed by atoms with van der Waals surface area (Å²) in [7, 11) is 0. The van der Waals surface area contributed by atoms with E-state index in [1.54, 1.807) is 5.57 Å². The minimum absolute atomic E-state index is 0.0437. The molecule has 0 aromatic rings. The molecule has 1 aliphatic heterocycles. The summed E-state index contributed by atoms with van der Waals surface area (Å²) in [5, 5.41) is 0. The second kappa shape index (κ2) is 7.06. The molecule has 4 aliphatic carbocycles. The Labute approximate surface area is 199 Å². The normalized spacial score (nSPS) is 45.0. The molecule has 0 aromatic carbocycles. The fraction of sp³-hybridized carbons (Fsp3) is 0.667. The number of carbonyl (C=O) groups is 2. The zero-order chi connectivity index (χ0) is 24.0. The van der Waals surface area contributed by atoms with Crippen molar-refractivity contribution >= 4 is 11.8 Å². The highest BCUT2D eigenvalue weighted by Crippen LogP contribution is 2.73. The van der Waals surface area contributed by atoms with Crippen LogP contribution in [0.3, 0.4) is 0 Å². The van der Waals surface area contributed by atoms with Crippen molar-refractivity contribution in [2.45, 2.75) is 86.5 Å². The van der Waals surface area contributed by atoms with Crippen LogP contribution < -0.4 is 0 Å². The van der Waals surface area contributed by atoms with Crippen molar-refractivity contribution < 1.29 is 14.3 Å². The van der Waals surface area contributed by atoms with E-state index in [9.17, 15) is 9.59 Å². The van der Waals surface area contributed by atoms with Crippen LogP contribution in [0.25, 0.3) is 0 Å². The number of carbonyl (C=O) groups excluding carboxylic acids is 2. The first-order chi connectivity index (χ1) is 15.3. The van der Waals surface area contributed by atoms with Crippen LogP contribution in [0.15, 0.2) is 47.3 Å². The predicted molar refractivity (Wildman–Crippen MR) is 131 cm³/mol. The van der Waals surface area contributed by atoms with E-state index in [1.807, 2.05) is 19.1 Å². The molecule has 5 rings (SSSR count). The minimum Gasteiger partial charge on any atom is -0.423 e. The maximum atomic E-state index is 12.9. The predicted octanol–water partition coefficient (Wildman–Crippen LogP) is 7.10. The molecule has 0 amide bonds. The lowest BCUT2D eigenvalue weighted by molar-refractivity contribution is -0.145. The van der Waals surface area contributed by atoms with Gasteiger partial charge in [0.15, 0.2) is 0 Å². The zero-order valence-corrected chi connectivity index (χ0v) is 21.3. The van der Waals surface area contributed by atoms with Gasteiger partial charge in [0, 0.05) is 17.4 Å². The lowest BCUT2D eigenvalue weighted by Crippen LogP contribution is -2.57. The molecular weight excluding hydrogens is 408 g/mol. The van der Waals surface area contributed by atoms with Crippen LogP contribution in [-0.4, -0.2) is 11.8 Å². The number of Topliss-reactive ketones (excluding diaryl/α,β-unsaturated/α-hetero) is 1. The largest absolute Gasteiger partial charge is 0.423 e. The van der Waals surface area contributed by atoms with Gasteiger partial charge in [0.1, 0.15) is 11.5 Å². The first kappa shape index (κ1) is 22.9. The van der Waals surface area contributed by atoms with E-state index in [0.29, 0.717) is 23.4 Å². The number of ether oxygens (including phenoxy) is 1. The first-order valence-corrected chi connectivity index (χ1v) is 12.9. The summed E-state index contributed by atoms with van der Waals surface area (Å²) in [6.07, 6.45) is 13.5. The lowest BCUT2D eigenvalue weighted by atomic mass is 9.41. The van der Waals surface area contributed by atoms with E-state index in [0.717, 1.165) is 56.1 Å². The summed E-state index contributed by atoms with van der Waals surface area (Å²) in [6, 6.07) is 0. The first-order valence-electron chi connectivity index (χ1n) is 12.9. The Morgan fingerprint density at radius 1 is 1.06 bits per heavy atom. The van der Waals surface area contributed by atoms with Crippen molar-refractivity contribution in [3.05, 3.63) is 47.3 Å². The van der Waals surface area contributed by atoms with Crippen LogP contribution in [0.4, 0.5) is 0 Å². The van der Waals surface area contributed by atoms with Crippen LogP contribution in [0, 0.1) is 39.4 Å². The Balaban J connectivity index is 1.52. The molecule has 0 spiro atoms. The highest BCUT2D eigenvalue weighted by atomic mass is 16.5. The van der Waals surface area contributed by atoms with Gasteiger partial charge in [0.25, 0.3) is 0 Å². The van der Waals surface area contributed by atoms with Crippen LogP contribution in [0.2, 0.25) is 0 Å². The number of allylic oxidation sites excluding steroid dienone is 5. The van der Waals surface area contributed by atoms with Gasteiger partial charge in [-0.05, 0) is 91.6 Å². The lowest BCUT2D eigenvalue weighted by Gasteiger charge is -2.63. The molecule has 0 N–H and O–H groups in total. The van der Waals surface area contributed by atoms with Crippen molar-refractivity contribution in [1.82, 2.24) is 0 Å². The van der Waals surface area contributed by atoms with Gasteiger partial charge in [-0.3, -0.25) is 4.79 Å². The summed E-state index contributed by atoms with van der Waals surface area (Å²) in [6.45, 7) is 17.6. The SMILES string of the molecule is C=C(C)C=C1C=C([C@@H]2CC[C@]3(C)C4=CC[C@H]5C(C)(C)C(=O)CC[C@]5(C)[C@H]4CC[C@@]23C)C(=O)O1. The molecular formula is C30H40O3. The Morgan fingerprint density at radius 3 is 2.45 bits per heavy atom. The molecule has 6 atom stereocenters. The van der Waals surface area contributed by atoms with Crippen LogP contribution in [-0.2, 0) is 14.3 Å². The summed E-state index contributed by atoms with van der Waals surface area (Å²) >= 11 is 0. The molecule has 3 nitrogen and oxygen atoms in total. The maximum absolute atomic E-state index is 12.9. The van der Waals surface area contributed by atoms with E-state index < -0.39 is 0 Å². The van der Waals surface area contributed by atoms with Gasteiger partial charge in [-0.2, -0.15) is 0 Å². The molecule has 0 unspecified atom stereocenters. The van der Waals surface area contributed by atoms with Crippen molar-refractivity contribution in [3.63, 3.8) is 0 Å². The average Bonchev–Trinajstić information content (AvgIpc) is 3.20. The van der Waals surface area contributed by atoms with Crippen molar-refractivity contribution in [2.75, 3.05) is 0 Å². The smallest absolute Gasteiger partial charge is 0.339 e. The second-order valence-electron chi connectivity index (χ2n) is 12.9. The zero-order valence-electron chi connectivity index (χ0n) is 21.3. The van der Waals surface area contributed by atoms with Gasteiger partial charge in [0.2, 0.25) is 0 Å². The number of esters is 1. The van der Waals surface area contributed by atoms with Crippen LogP contribution in [0.1, 0.15) is 86.5 Å². The molecule has 0 bridgehead atoms. The fourth-order valence-electron chi connectivity index (χ4n) is 8.97. The topological polar surface area (TPSA) is 43.4 Å². The Morgan fingerprint density at radius 2 is 1.76 bits per heavy atom. The summed E-state index contributed by atoms with van der Waals surface area (Å²) in [5.74, 6) is 2.10. The summed E-state index contributed by atoms with van der Waals surface area (Å²) < 4.78 is 5.60. The minimum atomic E-state index is -0.237. The van der Waals surface area contributed by atoms with E-state index >= 15 is 0 Å². The van der Waals surface area contributed by atoms with Crippen molar-refractivity contribution in [3.8, 4) is 0 Å². The van der Waals surface area contributed by atoms with E-state index in [2.05, 4.69) is 47.3 Å². The molecule has 0 aromatic heterocycles. The third-order valence-corrected chi connectivity index (χ3v) is 11.1. The van der Waals surface area contributed by atoms with Gasteiger partial charge in [-0.15, -0.1) is 0 Å². The van der Waals surface area contributed by atoms with Gasteiger partial charge in [-0.1, -0.05) is 58.4 Å². The monoisotopic (exact) mass is 448 g/mol. The number of ketones is 1. The fourth-order valence-corrected chi connectivity index (χ4v) is 8.97. The summed E-state index contributed by atoms with van der Waals surface area (Å²) in [4.78, 5) is 25.7. The van der Waals surface area contributed by atoms with E-state index in [-0.39, 0.29) is 33.5 Å². The Kier molecular flexibility index (Phi) is 4.89. The third kappa shape index (κ3) is 2.93. The van der Waals surface area contributed by atoms with Crippen LogP contribution >= 0.6 is 0 Å². The maximum Gasteiger partial charge on any atom is 0.339 e. The summed E-state index contributed by atoms with van der Waals surface area (Å²) in [5.41, 5.74) is 3.46. The quantitative estimate of drug-likeness (QED) is 0.334. The van der Waals surface area contributed by atoms with Gasteiger partial charge < -0.3 is 4.74 Å². The van der Waals surface area contributed by atoms with Gasteiger partial charge in [-0.25, -0.2) is 4.79 Å². The highest BCUT2D eigenvalue weighted by molar-refractivity contribution is 5.93. The van der Waals surface area contributed by atoms with E-state index in [1.165, 1.54) is 0 Å². The molecule has 3 fully saturated rings. The Hall–Kier alpha value is -1.90. The van der Waals surface area contributed by atoms with E-state index in [4.69, 9.17) is 4.74 Å². The van der Waals surface area contributed by atoms with Gasteiger partial charge in [0.05, 0.1) is 0 Å². The van der Waals surface area contributed by atoms with Crippen molar-refractivity contribution in [1.29, 1.82) is 0 Å². The average molecular weight is 449 g/mol. The molecule has 1 heterocycles. The van der Waals surface area contributed by atoms with Crippen LogP contribution in [0.5, 0.6) is 0 Å². The number of cyclic esters (lactones) is 1. The molecule has 0 radical (unpaired) electrons. The molecule has 5 aliphatic rings. The molecule has 0 saturated heterocycles. The molecule has 3 heteroatoms. The second-order valence-corrected chi connectivity index (χ2v) is 12.9. The number of hydrogen-bond donors (Lipinski definition) is 0. The number of hydrogen-bond acceptors (Lipinski definition) is 3. The molecule has 178 valence electrons. The van der Waals surface area contributed by atoms with Crippen molar-refractivity contribution in [2.24, 2.45) is 39.4 Å². The highest BCUT2D eigenvalue weighted by Gasteiger charge is 2.65. The molecule has 3 saturated carbocycles. The van der Waals surface area contributed by atoms with Gasteiger partial charge >= 0.3 is 5.97 Å². The molecule has 33 heavy (non-hydrogen) atoms. The number of rotatable bonds is 2. The Bertz CT molecular complexity index is 1040. The third-order valence-electron chi connectivity index (χ3n) is 11.1. The standard InChI is InChI=1S/C30H40O3/c1-18(2)16-19-17-20(26(32)33-19)21-10-14-30(7)23-8-9-24-27(3,4)25(31)12-13-28(24,5)22(23)11-15-29(21,30)6/h8,16-17,21-22,24H,1,9-15H2,2-7H3/t21-,22-,24-,28+,29-,30+/m0/s1.